The molecular weight excluding hydrogens is 364 g/mol. The van der Waals surface area contributed by atoms with Crippen LogP contribution in [0.25, 0.3) is 28.3 Å². The molecule has 3 heterocycles. The second kappa shape index (κ2) is 6.81. The maximum Gasteiger partial charge on any atom is 0.283 e. The molecule has 4 aromatic rings. The van der Waals surface area contributed by atoms with E-state index in [1.807, 2.05) is 66.0 Å². The standard InChI is InChI=1S/C23H22N4O2/c1-15-21(16-10-12-18(29-2)13-11-16)25-22-20(19-9-6-14-24-19)23(28)27(26(15)22)17-7-4-3-5-8-17/h3-5,7-8,10-13,24H,6,9,14H2,1-2H3/b20-19-. The number of methoxy groups -OCH3 is 1. The van der Waals surface area contributed by atoms with Gasteiger partial charge in [-0.15, -0.1) is 0 Å². The zero-order valence-electron chi connectivity index (χ0n) is 16.5. The van der Waals surface area contributed by atoms with Gasteiger partial charge in [-0.1, -0.05) is 18.2 Å². The van der Waals surface area contributed by atoms with Crippen LogP contribution in [-0.4, -0.2) is 27.8 Å². The molecule has 146 valence electrons. The van der Waals surface area contributed by atoms with E-state index in [2.05, 4.69) is 5.32 Å². The Morgan fingerprint density at radius 1 is 1.07 bits per heavy atom. The Labute approximate surface area is 168 Å². The van der Waals surface area contributed by atoms with Crippen molar-refractivity contribution in [1.29, 1.82) is 0 Å². The van der Waals surface area contributed by atoms with Crippen molar-refractivity contribution in [2.75, 3.05) is 13.7 Å². The van der Waals surface area contributed by atoms with Crippen molar-refractivity contribution >= 4 is 11.3 Å². The Morgan fingerprint density at radius 3 is 2.48 bits per heavy atom. The summed E-state index contributed by atoms with van der Waals surface area (Å²) in [5, 5.41) is 4.06. The van der Waals surface area contributed by atoms with Crippen molar-refractivity contribution in [2.24, 2.45) is 0 Å². The first kappa shape index (κ1) is 17.6. The van der Waals surface area contributed by atoms with Gasteiger partial charge in [0.05, 0.1) is 24.2 Å². The third-order valence-electron chi connectivity index (χ3n) is 5.52. The third kappa shape index (κ3) is 2.71. The second-order valence-corrected chi connectivity index (χ2v) is 7.25. The van der Waals surface area contributed by atoms with E-state index in [-0.39, 0.29) is 5.56 Å². The molecule has 0 unspecified atom stereocenters. The van der Waals surface area contributed by atoms with Gasteiger partial charge in [-0.3, -0.25) is 4.79 Å². The number of benzene rings is 2. The molecule has 1 aliphatic heterocycles. The summed E-state index contributed by atoms with van der Waals surface area (Å²) in [5.41, 5.74) is 5.27. The van der Waals surface area contributed by atoms with Gasteiger partial charge < -0.3 is 10.1 Å². The SMILES string of the molecule is COc1ccc(-c2nc3/c(=C4\CCCN4)c(=O)n(-c4ccccc4)n3c2C)cc1. The lowest BCUT2D eigenvalue weighted by Gasteiger charge is -2.06. The molecule has 6 heteroatoms. The highest BCUT2D eigenvalue weighted by molar-refractivity contribution is 5.69. The number of rotatable bonds is 3. The largest absolute Gasteiger partial charge is 0.497 e. The third-order valence-corrected chi connectivity index (χ3v) is 5.52. The summed E-state index contributed by atoms with van der Waals surface area (Å²) in [6, 6.07) is 17.6. The van der Waals surface area contributed by atoms with E-state index < -0.39 is 0 Å². The van der Waals surface area contributed by atoms with Crippen molar-refractivity contribution in [3.05, 3.63) is 75.9 Å². The Kier molecular flexibility index (Phi) is 4.12. The Balaban J connectivity index is 1.85. The van der Waals surface area contributed by atoms with Crippen LogP contribution in [0.4, 0.5) is 0 Å². The van der Waals surface area contributed by atoms with E-state index in [0.29, 0.717) is 10.9 Å². The minimum Gasteiger partial charge on any atom is -0.497 e. The first-order chi connectivity index (χ1) is 14.2. The number of hydrogen-bond acceptors (Lipinski definition) is 4. The fourth-order valence-corrected chi connectivity index (χ4v) is 4.09. The van der Waals surface area contributed by atoms with Crippen LogP contribution in [0.15, 0.2) is 59.4 Å². The number of imidazole rings is 1. The number of aryl methyl sites for hydroxylation is 1. The lowest BCUT2D eigenvalue weighted by molar-refractivity contribution is 0.415. The van der Waals surface area contributed by atoms with Crippen molar-refractivity contribution in [3.8, 4) is 22.7 Å². The molecule has 2 aromatic heterocycles. The fourth-order valence-electron chi connectivity index (χ4n) is 4.09. The predicted octanol–water partition coefficient (Wildman–Crippen LogP) is 2.68. The number of hydrogen-bond donors (Lipinski definition) is 1. The molecule has 0 spiro atoms. The molecule has 29 heavy (non-hydrogen) atoms. The number of aromatic nitrogens is 3. The maximum absolute atomic E-state index is 13.4. The van der Waals surface area contributed by atoms with Crippen LogP contribution in [0.3, 0.4) is 0 Å². The highest BCUT2D eigenvalue weighted by atomic mass is 16.5. The van der Waals surface area contributed by atoms with Crippen LogP contribution in [0.2, 0.25) is 0 Å². The van der Waals surface area contributed by atoms with Crippen LogP contribution >= 0.6 is 0 Å². The number of fused-ring (bicyclic) bond motifs is 1. The summed E-state index contributed by atoms with van der Waals surface area (Å²) in [6.07, 6.45) is 1.90. The van der Waals surface area contributed by atoms with Crippen molar-refractivity contribution < 1.29 is 4.74 Å². The number of nitrogens with one attached hydrogen (secondary N) is 1. The lowest BCUT2D eigenvalue weighted by Crippen LogP contribution is -2.32. The monoisotopic (exact) mass is 386 g/mol. The smallest absolute Gasteiger partial charge is 0.283 e. The van der Waals surface area contributed by atoms with E-state index in [0.717, 1.165) is 53.5 Å². The molecule has 1 fully saturated rings. The minimum absolute atomic E-state index is 0.0347. The summed E-state index contributed by atoms with van der Waals surface area (Å²) in [4.78, 5) is 18.4. The van der Waals surface area contributed by atoms with Crippen molar-refractivity contribution in [2.45, 2.75) is 19.8 Å². The molecule has 0 radical (unpaired) electrons. The molecule has 0 atom stereocenters. The summed E-state index contributed by atoms with van der Waals surface area (Å²) >= 11 is 0. The molecule has 1 saturated heterocycles. The molecule has 0 aliphatic carbocycles. The number of nitrogens with zero attached hydrogens (tertiary/aromatic N) is 3. The second-order valence-electron chi connectivity index (χ2n) is 7.25. The van der Waals surface area contributed by atoms with Gasteiger partial charge in [-0.05, 0) is 56.2 Å². The summed E-state index contributed by atoms with van der Waals surface area (Å²) in [7, 11) is 1.65. The van der Waals surface area contributed by atoms with Crippen LogP contribution in [0.1, 0.15) is 18.5 Å². The van der Waals surface area contributed by atoms with Gasteiger partial charge in [0, 0.05) is 17.8 Å². The lowest BCUT2D eigenvalue weighted by atomic mass is 10.1. The van der Waals surface area contributed by atoms with Gasteiger partial charge in [0.15, 0.2) is 5.65 Å². The molecular formula is C23H22N4O2. The normalized spacial score (nSPS) is 15.7. The highest BCUT2D eigenvalue weighted by Gasteiger charge is 2.22. The van der Waals surface area contributed by atoms with E-state index >= 15 is 0 Å². The zero-order chi connectivity index (χ0) is 20.0. The zero-order valence-corrected chi connectivity index (χ0v) is 16.5. The molecule has 1 aliphatic rings. The summed E-state index contributed by atoms with van der Waals surface area (Å²) in [5.74, 6) is 0.803. The number of para-hydroxylation sites is 1. The van der Waals surface area contributed by atoms with E-state index in [1.54, 1.807) is 11.8 Å². The average Bonchev–Trinajstić information content (AvgIpc) is 3.45. The highest BCUT2D eigenvalue weighted by Crippen LogP contribution is 2.26. The van der Waals surface area contributed by atoms with E-state index in [4.69, 9.17) is 9.72 Å². The predicted molar refractivity (Wildman–Crippen MR) is 113 cm³/mol. The van der Waals surface area contributed by atoms with Gasteiger partial charge in [-0.2, -0.15) is 0 Å². The number of ether oxygens (including phenoxy) is 1. The van der Waals surface area contributed by atoms with E-state index in [1.165, 1.54) is 0 Å². The summed E-state index contributed by atoms with van der Waals surface area (Å²) in [6.45, 7) is 2.90. The molecule has 0 saturated carbocycles. The minimum atomic E-state index is -0.0347. The Bertz CT molecular complexity index is 1290. The quantitative estimate of drug-likeness (QED) is 0.588. The first-order valence-electron chi connectivity index (χ1n) is 9.80. The fraction of sp³-hybridized carbons (Fsp3) is 0.217. The van der Waals surface area contributed by atoms with Gasteiger partial charge in [0.25, 0.3) is 5.56 Å². The Hall–Kier alpha value is -3.54. The molecule has 1 N–H and O–H groups in total. The average molecular weight is 386 g/mol. The van der Waals surface area contributed by atoms with Gasteiger partial charge in [0.2, 0.25) is 0 Å². The van der Waals surface area contributed by atoms with Crippen molar-refractivity contribution in [1.82, 2.24) is 19.5 Å². The molecule has 5 rings (SSSR count). The van der Waals surface area contributed by atoms with Crippen LogP contribution in [-0.2, 0) is 0 Å². The maximum atomic E-state index is 13.4. The molecule has 0 bridgehead atoms. The first-order valence-corrected chi connectivity index (χ1v) is 9.80. The van der Waals surface area contributed by atoms with Crippen molar-refractivity contribution in [3.63, 3.8) is 0 Å². The van der Waals surface area contributed by atoms with Gasteiger partial charge in [-0.25, -0.2) is 14.2 Å². The van der Waals surface area contributed by atoms with Crippen LogP contribution < -0.4 is 20.8 Å². The molecule has 2 aromatic carbocycles. The van der Waals surface area contributed by atoms with Crippen LogP contribution in [0, 0.1) is 6.92 Å². The molecule has 6 nitrogen and oxygen atoms in total. The van der Waals surface area contributed by atoms with Gasteiger partial charge in [0.1, 0.15) is 11.0 Å². The van der Waals surface area contributed by atoms with Gasteiger partial charge >= 0.3 is 0 Å². The molecule has 0 amide bonds. The van der Waals surface area contributed by atoms with Crippen LogP contribution in [0.5, 0.6) is 5.75 Å². The van der Waals surface area contributed by atoms with E-state index in [9.17, 15) is 4.79 Å². The topological polar surface area (TPSA) is 60.6 Å². The summed E-state index contributed by atoms with van der Waals surface area (Å²) < 4.78 is 8.95. The Morgan fingerprint density at radius 2 is 1.83 bits per heavy atom.